The van der Waals surface area contributed by atoms with E-state index in [1.54, 1.807) is 0 Å². The van der Waals surface area contributed by atoms with Crippen molar-refractivity contribution >= 4 is 28.4 Å². The molecule has 2 saturated heterocycles. The van der Waals surface area contributed by atoms with Gasteiger partial charge in [0.25, 0.3) is 0 Å². The van der Waals surface area contributed by atoms with Crippen LogP contribution in [0, 0.1) is 5.92 Å². The highest BCUT2D eigenvalue weighted by Gasteiger charge is 2.54. The number of carbonyl (C=O) groups is 1. The molecule has 3 aliphatic carbocycles. The third-order valence-corrected chi connectivity index (χ3v) is 8.38. The molecule has 2 N–H and O–H groups in total. The molecule has 29 heavy (non-hydrogen) atoms. The number of hydrogen-bond acceptors (Lipinski definition) is 2. The summed E-state index contributed by atoms with van der Waals surface area (Å²) in [4.78, 5) is 19.0. The van der Waals surface area contributed by atoms with Crippen LogP contribution in [0.2, 0.25) is 5.02 Å². The smallest absolute Gasteiger partial charge is 0.223 e. The van der Waals surface area contributed by atoms with Crippen molar-refractivity contribution in [2.24, 2.45) is 5.92 Å². The lowest BCUT2D eigenvalue weighted by Crippen LogP contribution is -2.65. The molecule has 3 unspecified atom stereocenters. The Morgan fingerprint density at radius 2 is 2.00 bits per heavy atom. The Bertz CT molecular complexity index is 978. The number of aromatic nitrogens is 1. The Morgan fingerprint density at radius 3 is 2.66 bits per heavy atom. The third-order valence-electron chi connectivity index (χ3n) is 8.05. The first kappa shape index (κ1) is 18.3. The second-order valence-corrected chi connectivity index (χ2v) is 10.7. The lowest BCUT2D eigenvalue weighted by molar-refractivity contribution is -0.174. The van der Waals surface area contributed by atoms with Crippen LogP contribution >= 0.6 is 11.6 Å². The highest BCUT2D eigenvalue weighted by molar-refractivity contribution is 6.32. The zero-order valence-corrected chi connectivity index (χ0v) is 17.7. The monoisotopic (exact) mass is 412 g/mol. The van der Waals surface area contributed by atoms with E-state index in [0.29, 0.717) is 18.3 Å². The molecule has 0 spiro atoms. The number of benzene rings is 1. The summed E-state index contributed by atoms with van der Waals surface area (Å²) in [5, 5.41) is 12.9. The molecule has 1 aromatic heterocycles. The molecule has 5 aliphatic rings. The molecule has 2 aliphatic heterocycles. The average molecular weight is 413 g/mol. The van der Waals surface area contributed by atoms with Crippen LogP contribution in [0.4, 0.5) is 0 Å². The van der Waals surface area contributed by atoms with Gasteiger partial charge in [-0.2, -0.15) is 0 Å². The van der Waals surface area contributed by atoms with E-state index in [1.165, 1.54) is 29.4 Å². The van der Waals surface area contributed by atoms with E-state index >= 15 is 0 Å². The molecule has 7 rings (SSSR count). The number of hydrogen-bond donors (Lipinski definition) is 2. The van der Waals surface area contributed by atoms with E-state index in [-0.39, 0.29) is 23.9 Å². The number of nitrogens with zero attached hydrogens (tertiary/aromatic N) is 1. The zero-order chi connectivity index (χ0) is 19.9. The average Bonchev–Trinajstić information content (AvgIpc) is 3.37. The number of aliphatic hydroxyl groups is 1. The minimum absolute atomic E-state index is 0.146. The van der Waals surface area contributed by atoms with Crippen molar-refractivity contribution in [2.75, 3.05) is 0 Å². The molecule has 3 heterocycles. The molecule has 3 saturated carbocycles. The fourth-order valence-electron chi connectivity index (χ4n) is 6.88. The Morgan fingerprint density at radius 1 is 1.28 bits per heavy atom. The highest BCUT2D eigenvalue weighted by Crippen LogP contribution is 2.52. The molecule has 3 atom stereocenters. The van der Waals surface area contributed by atoms with Gasteiger partial charge in [-0.15, -0.1) is 0 Å². The van der Waals surface area contributed by atoms with Gasteiger partial charge in [-0.1, -0.05) is 18.5 Å². The number of nitrogens with one attached hydrogen (secondary N) is 1. The quantitative estimate of drug-likeness (QED) is 0.734. The predicted octanol–water partition coefficient (Wildman–Crippen LogP) is 5.10. The molecular formula is C24H29ClN2O2. The molecular weight excluding hydrogens is 384 g/mol. The first-order valence-electron chi connectivity index (χ1n) is 11.2. The topological polar surface area (TPSA) is 56.3 Å². The number of carbonyl (C=O) groups excluding carboxylic acids is 1. The van der Waals surface area contributed by atoms with E-state index in [4.69, 9.17) is 11.6 Å². The molecule has 4 bridgehead atoms. The van der Waals surface area contributed by atoms with Gasteiger partial charge in [0, 0.05) is 40.6 Å². The van der Waals surface area contributed by atoms with Crippen molar-refractivity contribution in [2.45, 2.75) is 87.8 Å². The normalized spacial score (nSPS) is 34.2. The largest absolute Gasteiger partial charge is 0.390 e. The molecule has 5 heteroatoms. The summed E-state index contributed by atoms with van der Waals surface area (Å²) in [6.07, 6.45) is 9.66. The standard InChI is InChI=1S/C24H29ClN2O2/c1-13(18-12-26-20-5-4-19(25)22(23(18)20)15-2-3-15)6-21(28)27-16-7-14-8-17(27)11-24(29,9-14)10-16/h4-5,12-17,26,29H,2-3,6-11H2,1H3. The SMILES string of the molecule is CC(CC(=O)N1C2CC3CC1CC(O)(C3)C2)c1c[nH]c2ccc(Cl)c(C3CC3)c12. The van der Waals surface area contributed by atoms with Crippen LogP contribution in [0.3, 0.4) is 0 Å². The predicted molar refractivity (Wildman–Crippen MR) is 114 cm³/mol. The van der Waals surface area contributed by atoms with Crippen LogP contribution in [-0.2, 0) is 4.79 Å². The molecule has 5 fully saturated rings. The molecule has 0 radical (unpaired) electrons. The lowest BCUT2D eigenvalue weighted by Gasteiger charge is -2.59. The molecule has 2 aromatic rings. The van der Waals surface area contributed by atoms with Crippen molar-refractivity contribution in [3.05, 3.63) is 34.5 Å². The molecule has 1 aromatic carbocycles. The van der Waals surface area contributed by atoms with Crippen molar-refractivity contribution in [1.82, 2.24) is 9.88 Å². The van der Waals surface area contributed by atoms with Gasteiger partial charge in [0.05, 0.1) is 5.60 Å². The van der Waals surface area contributed by atoms with Gasteiger partial charge in [-0.05, 0) is 86.0 Å². The summed E-state index contributed by atoms with van der Waals surface area (Å²) in [5.41, 5.74) is 3.12. The fourth-order valence-corrected chi connectivity index (χ4v) is 7.19. The summed E-state index contributed by atoms with van der Waals surface area (Å²) in [6, 6.07) is 4.54. The van der Waals surface area contributed by atoms with E-state index in [2.05, 4.69) is 29.1 Å². The maximum atomic E-state index is 13.4. The van der Waals surface area contributed by atoms with Crippen molar-refractivity contribution in [1.29, 1.82) is 0 Å². The first-order valence-corrected chi connectivity index (χ1v) is 11.6. The van der Waals surface area contributed by atoms with Crippen LogP contribution in [0.15, 0.2) is 18.3 Å². The van der Waals surface area contributed by atoms with Crippen molar-refractivity contribution < 1.29 is 9.90 Å². The van der Waals surface area contributed by atoms with Crippen molar-refractivity contribution in [3.8, 4) is 0 Å². The van der Waals surface area contributed by atoms with Crippen LogP contribution in [0.5, 0.6) is 0 Å². The van der Waals surface area contributed by atoms with Gasteiger partial charge >= 0.3 is 0 Å². The number of amides is 1. The number of fused-ring (bicyclic) bond motifs is 1. The number of rotatable bonds is 4. The lowest BCUT2D eigenvalue weighted by atomic mass is 9.61. The van der Waals surface area contributed by atoms with Gasteiger partial charge in [0.2, 0.25) is 5.91 Å². The van der Waals surface area contributed by atoms with Gasteiger partial charge in [-0.25, -0.2) is 0 Å². The van der Waals surface area contributed by atoms with Gasteiger partial charge in [0.1, 0.15) is 0 Å². The first-order chi connectivity index (χ1) is 13.9. The summed E-state index contributed by atoms with van der Waals surface area (Å²) in [5.74, 6) is 1.58. The van der Waals surface area contributed by atoms with Crippen LogP contribution in [0.1, 0.15) is 81.3 Å². The second kappa shape index (κ2) is 6.24. The minimum Gasteiger partial charge on any atom is -0.390 e. The van der Waals surface area contributed by atoms with Gasteiger partial charge in [0.15, 0.2) is 0 Å². The Kier molecular flexibility index (Phi) is 3.93. The van der Waals surface area contributed by atoms with E-state index in [0.717, 1.165) is 42.6 Å². The number of piperidine rings is 2. The molecule has 4 nitrogen and oxygen atoms in total. The second-order valence-electron chi connectivity index (χ2n) is 10.3. The van der Waals surface area contributed by atoms with E-state index < -0.39 is 5.60 Å². The number of H-pyrrole nitrogens is 1. The maximum Gasteiger partial charge on any atom is 0.223 e. The highest BCUT2D eigenvalue weighted by atomic mass is 35.5. The third kappa shape index (κ3) is 2.86. The molecule has 154 valence electrons. The van der Waals surface area contributed by atoms with E-state index in [9.17, 15) is 9.90 Å². The van der Waals surface area contributed by atoms with E-state index in [1.807, 2.05) is 6.07 Å². The Balaban J connectivity index is 1.27. The van der Waals surface area contributed by atoms with Crippen LogP contribution in [-0.4, -0.2) is 38.6 Å². The zero-order valence-electron chi connectivity index (χ0n) is 17.0. The van der Waals surface area contributed by atoms with Crippen molar-refractivity contribution in [3.63, 3.8) is 0 Å². The summed E-state index contributed by atoms with van der Waals surface area (Å²) >= 11 is 6.58. The van der Waals surface area contributed by atoms with Crippen LogP contribution in [0.25, 0.3) is 10.9 Å². The molecule has 1 amide bonds. The summed E-state index contributed by atoms with van der Waals surface area (Å²) in [6.45, 7) is 2.17. The maximum absolute atomic E-state index is 13.4. The Labute approximate surface area is 176 Å². The summed E-state index contributed by atoms with van der Waals surface area (Å²) in [7, 11) is 0. The Hall–Kier alpha value is -1.52. The number of aromatic amines is 1. The summed E-state index contributed by atoms with van der Waals surface area (Å²) < 4.78 is 0. The van der Waals surface area contributed by atoms with Gasteiger partial charge in [-0.3, -0.25) is 4.79 Å². The fraction of sp³-hybridized carbons (Fsp3) is 0.625. The van der Waals surface area contributed by atoms with Gasteiger partial charge < -0.3 is 15.0 Å². The minimum atomic E-state index is -0.508. The number of halogens is 1. The van der Waals surface area contributed by atoms with Crippen LogP contribution < -0.4 is 0 Å².